The molecule has 7 heteroatoms. The molecule has 1 aromatic carbocycles. The quantitative estimate of drug-likeness (QED) is 0.408. The van der Waals surface area contributed by atoms with E-state index < -0.39 is 11.8 Å². The molecular weight excluding hydrogens is 370 g/mol. The van der Waals surface area contributed by atoms with Gasteiger partial charge in [-0.15, -0.1) is 0 Å². The van der Waals surface area contributed by atoms with E-state index in [-0.39, 0.29) is 5.91 Å². The number of hydrogen-bond acceptors (Lipinski definition) is 4. The fourth-order valence-corrected chi connectivity index (χ4v) is 3.46. The Morgan fingerprint density at radius 2 is 1.76 bits per heavy atom. The lowest BCUT2D eigenvalue weighted by molar-refractivity contribution is -0.138. The van der Waals surface area contributed by atoms with Crippen molar-refractivity contribution in [3.63, 3.8) is 0 Å². The normalized spacial score (nSPS) is 13.6. The summed E-state index contributed by atoms with van der Waals surface area (Å²) in [6, 6.07) is 8.42. The number of likely N-dealkylation sites (N-methyl/N-ethyl adjacent to an activating group) is 1. The van der Waals surface area contributed by atoms with Crippen LogP contribution in [-0.4, -0.2) is 62.5 Å². The lowest BCUT2D eigenvalue weighted by atomic mass is 9.98. The Hall–Kier alpha value is -2.41. The Balaban J connectivity index is 1.59. The molecule has 160 valence electrons. The summed E-state index contributed by atoms with van der Waals surface area (Å²) in [6.07, 6.45) is 6.29. The Morgan fingerprint density at radius 3 is 2.41 bits per heavy atom. The van der Waals surface area contributed by atoms with Gasteiger partial charge in [0.2, 0.25) is 5.91 Å². The van der Waals surface area contributed by atoms with Crippen molar-refractivity contribution >= 4 is 17.7 Å². The van der Waals surface area contributed by atoms with Crippen LogP contribution in [-0.2, 0) is 32.0 Å². The third-order valence-corrected chi connectivity index (χ3v) is 5.12. The highest BCUT2D eigenvalue weighted by molar-refractivity contribution is 6.34. The first-order valence-electron chi connectivity index (χ1n) is 10.5. The molecule has 0 atom stereocenters. The number of unbranched alkanes of at least 4 members (excludes halogenated alkanes) is 1. The Morgan fingerprint density at radius 1 is 1.03 bits per heavy atom. The molecule has 0 aliphatic carbocycles. The Bertz CT molecular complexity index is 678. The van der Waals surface area contributed by atoms with Gasteiger partial charge >= 0.3 is 11.8 Å². The van der Waals surface area contributed by atoms with E-state index in [1.807, 2.05) is 4.90 Å². The monoisotopic (exact) mass is 403 g/mol. The van der Waals surface area contributed by atoms with Gasteiger partial charge in [-0.05, 0) is 49.7 Å². The molecule has 1 aromatic rings. The van der Waals surface area contributed by atoms with Gasteiger partial charge in [0.15, 0.2) is 0 Å². The largest absolute Gasteiger partial charge is 0.380 e. The summed E-state index contributed by atoms with van der Waals surface area (Å²) in [6.45, 7) is 3.37. The molecule has 7 nitrogen and oxygen atoms in total. The number of amides is 3. The standard InChI is InChI=1S/C22H33N3O4/c1-23-21(27)22(28)24-13-5-4-10-18-8-2-3-9-19(18)11-7-16-29-17-15-25-14-6-12-20(25)26/h2-3,8-9H,4-7,10-17H2,1H3,(H,23,27)(H,24,28). The fraction of sp³-hybridized carbons (Fsp3) is 0.591. The SMILES string of the molecule is CNC(=O)C(=O)NCCCCc1ccccc1CCCOCCN1CCCC1=O. The van der Waals surface area contributed by atoms with Crippen LogP contribution in [0.3, 0.4) is 0 Å². The van der Waals surface area contributed by atoms with Crippen LogP contribution in [0, 0.1) is 0 Å². The number of benzene rings is 1. The molecule has 0 radical (unpaired) electrons. The highest BCUT2D eigenvalue weighted by Gasteiger charge is 2.19. The summed E-state index contributed by atoms with van der Waals surface area (Å²) in [5, 5.41) is 4.93. The summed E-state index contributed by atoms with van der Waals surface area (Å²) < 4.78 is 5.70. The number of rotatable bonds is 12. The first kappa shape index (κ1) is 22.9. The molecule has 0 unspecified atom stereocenters. The fourth-order valence-electron chi connectivity index (χ4n) is 3.46. The maximum absolute atomic E-state index is 11.6. The minimum atomic E-state index is -0.607. The Kier molecular flexibility index (Phi) is 10.2. The van der Waals surface area contributed by atoms with E-state index in [1.54, 1.807) is 0 Å². The van der Waals surface area contributed by atoms with Gasteiger partial charge in [0.25, 0.3) is 0 Å². The molecule has 0 aromatic heterocycles. The van der Waals surface area contributed by atoms with Crippen LogP contribution < -0.4 is 10.6 Å². The number of ether oxygens (including phenoxy) is 1. The van der Waals surface area contributed by atoms with Crippen molar-refractivity contribution in [1.82, 2.24) is 15.5 Å². The zero-order valence-electron chi connectivity index (χ0n) is 17.4. The molecule has 1 aliphatic rings. The molecule has 1 saturated heterocycles. The predicted octanol–water partition coefficient (Wildman–Crippen LogP) is 1.44. The van der Waals surface area contributed by atoms with Crippen molar-refractivity contribution < 1.29 is 19.1 Å². The van der Waals surface area contributed by atoms with E-state index in [0.717, 1.165) is 45.1 Å². The second-order valence-corrected chi connectivity index (χ2v) is 7.26. The van der Waals surface area contributed by atoms with Gasteiger partial charge < -0.3 is 20.3 Å². The topological polar surface area (TPSA) is 87.7 Å². The van der Waals surface area contributed by atoms with Crippen LogP contribution in [0.5, 0.6) is 0 Å². The first-order chi connectivity index (χ1) is 14.1. The third kappa shape index (κ3) is 8.23. The highest BCUT2D eigenvalue weighted by atomic mass is 16.5. The number of nitrogens with zero attached hydrogens (tertiary/aromatic N) is 1. The number of aryl methyl sites for hydroxylation is 2. The molecule has 2 rings (SSSR count). The smallest absolute Gasteiger partial charge is 0.309 e. The average Bonchev–Trinajstić information content (AvgIpc) is 3.15. The number of carbonyl (C=O) groups excluding carboxylic acids is 3. The van der Waals surface area contributed by atoms with Crippen LogP contribution in [0.1, 0.15) is 43.2 Å². The van der Waals surface area contributed by atoms with Crippen molar-refractivity contribution in [3.8, 4) is 0 Å². The summed E-state index contributed by atoms with van der Waals surface area (Å²) >= 11 is 0. The van der Waals surface area contributed by atoms with E-state index >= 15 is 0 Å². The van der Waals surface area contributed by atoms with Crippen molar-refractivity contribution in [2.75, 3.05) is 39.9 Å². The molecule has 2 N–H and O–H groups in total. The number of carbonyl (C=O) groups is 3. The maximum atomic E-state index is 11.6. The van der Waals surface area contributed by atoms with Crippen LogP contribution >= 0.6 is 0 Å². The maximum Gasteiger partial charge on any atom is 0.309 e. The second-order valence-electron chi connectivity index (χ2n) is 7.26. The number of nitrogens with one attached hydrogen (secondary N) is 2. The zero-order chi connectivity index (χ0) is 20.9. The minimum absolute atomic E-state index is 0.246. The van der Waals surface area contributed by atoms with E-state index in [2.05, 4.69) is 34.9 Å². The minimum Gasteiger partial charge on any atom is -0.380 e. The van der Waals surface area contributed by atoms with Gasteiger partial charge in [-0.3, -0.25) is 14.4 Å². The van der Waals surface area contributed by atoms with Crippen molar-refractivity contribution in [2.45, 2.75) is 44.9 Å². The van der Waals surface area contributed by atoms with Crippen LogP contribution in [0.25, 0.3) is 0 Å². The van der Waals surface area contributed by atoms with Crippen LogP contribution in [0.4, 0.5) is 0 Å². The van der Waals surface area contributed by atoms with Gasteiger partial charge in [-0.2, -0.15) is 0 Å². The number of likely N-dealkylation sites (tertiary alicyclic amines) is 1. The van der Waals surface area contributed by atoms with Gasteiger partial charge in [0.05, 0.1) is 6.61 Å². The average molecular weight is 404 g/mol. The van der Waals surface area contributed by atoms with E-state index in [1.165, 1.54) is 18.2 Å². The summed E-state index contributed by atoms with van der Waals surface area (Å²) in [5.41, 5.74) is 2.66. The molecular formula is C22H33N3O4. The second kappa shape index (κ2) is 12.9. The van der Waals surface area contributed by atoms with Gasteiger partial charge in [0, 0.05) is 39.7 Å². The molecule has 0 spiro atoms. The third-order valence-electron chi connectivity index (χ3n) is 5.12. The van der Waals surface area contributed by atoms with Gasteiger partial charge in [-0.25, -0.2) is 0 Å². The molecule has 0 saturated carbocycles. The highest BCUT2D eigenvalue weighted by Crippen LogP contribution is 2.14. The summed E-state index contributed by atoms with van der Waals surface area (Å²) in [5.74, 6) is -0.942. The predicted molar refractivity (Wildman–Crippen MR) is 111 cm³/mol. The van der Waals surface area contributed by atoms with Crippen LogP contribution in [0.15, 0.2) is 24.3 Å². The van der Waals surface area contributed by atoms with Gasteiger partial charge in [-0.1, -0.05) is 24.3 Å². The number of hydrogen-bond donors (Lipinski definition) is 2. The molecule has 29 heavy (non-hydrogen) atoms. The molecule has 3 amide bonds. The molecule has 1 aliphatic heterocycles. The van der Waals surface area contributed by atoms with E-state index in [4.69, 9.17) is 4.74 Å². The van der Waals surface area contributed by atoms with Crippen molar-refractivity contribution in [3.05, 3.63) is 35.4 Å². The Labute approximate surface area is 173 Å². The molecule has 0 bridgehead atoms. The summed E-state index contributed by atoms with van der Waals surface area (Å²) in [7, 11) is 1.44. The van der Waals surface area contributed by atoms with Gasteiger partial charge in [0.1, 0.15) is 0 Å². The molecule has 1 fully saturated rings. The summed E-state index contributed by atoms with van der Waals surface area (Å²) in [4.78, 5) is 36.0. The van der Waals surface area contributed by atoms with Crippen molar-refractivity contribution in [2.24, 2.45) is 0 Å². The van der Waals surface area contributed by atoms with E-state index in [9.17, 15) is 14.4 Å². The van der Waals surface area contributed by atoms with E-state index in [0.29, 0.717) is 32.7 Å². The molecule has 1 heterocycles. The van der Waals surface area contributed by atoms with Crippen LogP contribution in [0.2, 0.25) is 0 Å². The first-order valence-corrected chi connectivity index (χ1v) is 10.5. The van der Waals surface area contributed by atoms with Crippen molar-refractivity contribution in [1.29, 1.82) is 0 Å². The lowest BCUT2D eigenvalue weighted by Crippen LogP contribution is -2.38. The lowest BCUT2D eigenvalue weighted by Gasteiger charge is -2.15. The zero-order valence-corrected chi connectivity index (χ0v) is 17.4.